The van der Waals surface area contributed by atoms with E-state index in [2.05, 4.69) is 34.4 Å². The van der Waals surface area contributed by atoms with E-state index >= 15 is 0 Å². The molecule has 2 saturated heterocycles. The summed E-state index contributed by atoms with van der Waals surface area (Å²) < 4.78 is 32.5. The number of nitrogens with one attached hydrogen (secondary N) is 2. The Labute approximate surface area is 223 Å². The Balaban J connectivity index is 1.26. The lowest BCUT2D eigenvalue weighted by Gasteiger charge is -2.36. The summed E-state index contributed by atoms with van der Waals surface area (Å²) in [4.78, 5) is 24.0. The Kier molecular flexibility index (Phi) is 7.70. The third-order valence-corrected chi connectivity index (χ3v) is 8.56. The number of ether oxygens (including phenoxy) is 1. The molecule has 1 amide bonds. The smallest absolute Gasteiger partial charge is 0.253 e. The molecule has 3 heterocycles. The van der Waals surface area contributed by atoms with Crippen molar-refractivity contribution in [3.63, 3.8) is 0 Å². The van der Waals surface area contributed by atoms with E-state index in [4.69, 9.17) is 4.74 Å². The largest absolute Gasteiger partial charge is 0.379 e. The van der Waals surface area contributed by atoms with Crippen molar-refractivity contribution in [3.05, 3.63) is 66.4 Å². The van der Waals surface area contributed by atoms with Crippen molar-refractivity contribution in [2.45, 2.75) is 30.8 Å². The van der Waals surface area contributed by atoms with Crippen LogP contribution in [-0.4, -0.2) is 85.0 Å². The second-order valence-corrected chi connectivity index (χ2v) is 11.6. The fourth-order valence-electron chi connectivity index (χ4n) is 4.81. The van der Waals surface area contributed by atoms with Crippen molar-refractivity contribution in [1.29, 1.82) is 0 Å². The molecule has 2 aliphatic heterocycles. The van der Waals surface area contributed by atoms with Gasteiger partial charge in [-0.1, -0.05) is 12.1 Å². The summed E-state index contributed by atoms with van der Waals surface area (Å²) >= 11 is 0. The number of anilines is 2. The van der Waals surface area contributed by atoms with E-state index in [1.165, 1.54) is 4.31 Å². The normalized spacial score (nSPS) is 20.7. The minimum Gasteiger partial charge on any atom is -0.379 e. The van der Waals surface area contributed by atoms with Gasteiger partial charge in [0.15, 0.2) is 0 Å². The molecule has 3 aromatic rings. The first-order valence-corrected chi connectivity index (χ1v) is 14.2. The minimum atomic E-state index is -3.55. The monoisotopic (exact) mass is 536 g/mol. The van der Waals surface area contributed by atoms with E-state index < -0.39 is 10.0 Å². The molecular formula is C27H32N6O4S. The minimum absolute atomic E-state index is 0.0223. The lowest BCUT2D eigenvalue weighted by atomic mass is 10.1. The maximum Gasteiger partial charge on any atom is 0.253 e. The Morgan fingerprint density at radius 3 is 2.29 bits per heavy atom. The molecule has 2 aromatic carbocycles. The highest BCUT2D eigenvalue weighted by Gasteiger charge is 2.27. The number of carbonyl (C=O) groups is 1. The number of morpholine rings is 1. The summed E-state index contributed by atoms with van der Waals surface area (Å²) in [6, 6.07) is 16.3. The van der Waals surface area contributed by atoms with E-state index in [0.29, 0.717) is 56.6 Å². The van der Waals surface area contributed by atoms with Gasteiger partial charge in [-0.05, 0) is 56.3 Å². The molecule has 1 aromatic heterocycles. The van der Waals surface area contributed by atoms with E-state index in [1.54, 1.807) is 48.7 Å². The lowest BCUT2D eigenvalue weighted by molar-refractivity contribution is 0.0674. The summed E-state index contributed by atoms with van der Waals surface area (Å²) in [6.07, 6.45) is 1.65. The van der Waals surface area contributed by atoms with Gasteiger partial charge in [0, 0.05) is 61.3 Å². The second-order valence-electron chi connectivity index (χ2n) is 9.69. The first kappa shape index (κ1) is 26.2. The number of amides is 1. The van der Waals surface area contributed by atoms with Gasteiger partial charge in [-0.2, -0.15) is 4.31 Å². The molecule has 2 fully saturated rings. The van der Waals surface area contributed by atoms with Crippen molar-refractivity contribution in [1.82, 2.24) is 24.5 Å². The second kappa shape index (κ2) is 11.2. The van der Waals surface area contributed by atoms with E-state index in [9.17, 15) is 13.2 Å². The average molecular weight is 537 g/mol. The number of rotatable bonds is 6. The molecule has 10 nitrogen and oxygen atoms in total. The average Bonchev–Trinajstić information content (AvgIpc) is 2.93. The molecule has 0 aliphatic carbocycles. The van der Waals surface area contributed by atoms with Crippen molar-refractivity contribution in [3.8, 4) is 11.3 Å². The Bertz CT molecular complexity index is 1370. The summed E-state index contributed by atoms with van der Waals surface area (Å²) in [5.74, 6) is 0.422. The van der Waals surface area contributed by atoms with Crippen LogP contribution in [0.1, 0.15) is 24.2 Å². The van der Waals surface area contributed by atoms with Gasteiger partial charge in [0.1, 0.15) is 0 Å². The van der Waals surface area contributed by atoms with Crippen LogP contribution in [0, 0.1) is 0 Å². The molecule has 0 saturated carbocycles. The fraction of sp³-hybridized carbons (Fsp3) is 0.370. The number of carbonyl (C=O) groups excluding carboxylic acids is 1. The molecule has 200 valence electrons. The Hall–Kier alpha value is -3.38. The van der Waals surface area contributed by atoms with Crippen molar-refractivity contribution < 1.29 is 17.9 Å². The highest BCUT2D eigenvalue weighted by Crippen LogP contribution is 2.24. The van der Waals surface area contributed by atoms with E-state index in [0.717, 1.165) is 11.3 Å². The summed E-state index contributed by atoms with van der Waals surface area (Å²) in [6.45, 7) is 7.05. The number of sulfonamides is 1. The van der Waals surface area contributed by atoms with Gasteiger partial charge in [-0.15, -0.1) is 0 Å². The topological polar surface area (TPSA) is 117 Å². The number of nitrogens with zero attached hydrogens (tertiary/aromatic N) is 4. The zero-order chi connectivity index (χ0) is 26.7. The maximum atomic E-state index is 12.9. The highest BCUT2D eigenvalue weighted by atomic mass is 32.2. The molecule has 0 spiro atoms. The van der Waals surface area contributed by atoms with Crippen LogP contribution >= 0.6 is 0 Å². The third kappa shape index (κ3) is 5.86. The first-order chi connectivity index (χ1) is 18.3. The molecule has 2 aliphatic rings. The Morgan fingerprint density at radius 1 is 0.974 bits per heavy atom. The third-order valence-electron chi connectivity index (χ3n) is 6.65. The van der Waals surface area contributed by atoms with Crippen LogP contribution in [0.25, 0.3) is 11.3 Å². The van der Waals surface area contributed by atoms with E-state index in [1.807, 2.05) is 17.0 Å². The predicted octanol–water partition coefficient (Wildman–Crippen LogP) is 2.73. The Morgan fingerprint density at radius 2 is 1.63 bits per heavy atom. The maximum absolute atomic E-state index is 12.9. The number of piperazine rings is 1. The van der Waals surface area contributed by atoms with Crippen LogP contribution in [0.2, 0.25) is 0 Å². The number of aromatic nitrogens is 2. The van der Waals surface area contributed by atoms with Gasteiger partial charge in [0.2, 0.25) is 16.0 Å². The zero-order valence-electron chi connectivity index (χ0n) is 21.5. The molecular weight excluding hydrogens is 504 g/mol. The molecule has 0 radical (unpaired) electrons. The molecule has 2 atom stereocenters. The van der Waals surface area contributed by atoms with Gasteiger partial charge < -0.3 is 20.3 Å². The van der Waals surface area contributed by atoms with Crippen LogP contribution in [0.5, 0.6) is 0 Å². The summed E-state index contributed by atoms with van der Waals surface area (Å²) in [5, 5.41) is 6.62. The number of benzene rings is 2. The molecule has 5 rings (SSSR count). The van der Waals surface area contributed by atoms with Gasteiger partial charge >= 0.3 is 0 Å². The van der Waals surface area contributed by atoms with Crippen molar-refractivity contribution in [2.75, 3.05) is 44.7 Å². The molecule has 38 heavy (non-hydrogen) atoms. The van der Waals surface area contributed by atoms with Gasteiger partial charge in [0.25, 0.3) is 5.91 Å². The van der Waals surface area contributed by atoms with Gasteiger partial charge in [-0.25, -0.2) is 18.4 Å². The van der Waals surface area contributed by atoms with Crippen LogP contribution in [0.15, 0.2) is 65.7 Å². The summed E-state index contributed by atoms with van der Waals surface area (Å²) in [5.41, 5.74) is 2.83. The van der Waals surface area contributed by atoms with Crippen LogP contribution in [-0.2, 0) is 14.8 Å². The number of hydrogen-bond acceptors (Lipinski definition) is 8. The van der Waals surface area contributed by atoms with Gasteiger partial charge in [0.05, 0.1) is 23.8 Å². The first-order valence-electron chi connectivity index (χ1n) is 12.7. The fourth-order valence-corrected chi connectivity index (χ4v) is 6.22. The van der Waals surface area contributed by atoms with Gasteiger partial charge in [-0.3, -0.25) is 4.79 Å². The predicted molar refractivity (Wildman–Crippen MR) is 145 cm³/mol. The molecule has 0 unspecified atom stereocenters. The summed E-state index contributed by atoms with van der Waals surface area (Å²) in [7, 11) is -3.55. The zero-order valence-corrected chi connectivity index (χ0v) is 22.3. The number of hydrogen-bond donors (Lipinski definition) is 2. The van der Waals surface area contributed by atoms with Crippen molar-refractivity contribution in [2.24, 2.45) is 0 Å². The quantitative estimate of drug-likeness (QED) is 0.494. The van der Waals surface area contributed by atoms with Crippen LogP contribution in [0.3, 0.4) is 0 Å². The lowest BCUT2D eigenvalue weighted by Crippen LogP contribution is -2.55. The standard InChI is InChI=1S/C27H32N6O4S/c1-19-17-32(18-20(2)29-19)26(34)22-3-7-23(8-4-22)30-27-28-12-11-25(31-27)21-5-9-24(10-6-21)38(35,36)33-13-15-37-16-14-33/h3-12,19-20,29H,13-18H2,1-2H3,(H,28,30,31)/t19-,20+. The van der Waals surface area contributed by atoms with Crippen LogP contribution < -0.4 is 10.6 Å². The molecule has 0 bridgehead atoms. The molecule has 11 heteroatoms. The highest BCUT2D eigenvalue weighted by molar-refractivity contribution is 7.89. The molecule has 2 N–H and O–H groups in total. The van der Waals surface area contributed by atoms with Crippen LogP contribution in [0.4, 0.5) is 11.6 Å². The SMILES string of the molecule is C[C@@H]1CN(C(=O)c2ccc(Nc3nccc(-c4ccc(S(=O)(=O)N5CCOCC5)cc4)n3)cc2)C[C@H](C)N1. The van der Waals surface area contributed by atoms with E-state index in [-0.39, 0.29) is 22.9 Å². The van der Waals surface area contributed by atoms with Crippen molar-refractivity contribution >= 4 is 27.6 Å².